The van der Waals surface area contributed by atoms with Crippen molar-refractivity contribution in [1.82, 2.24) is 0 Å². The molecule has 2 rings (SSSR count). The summed E-state index contributed by atoms with van der Waals surface area (Å²) in [7, 11) is 0. The van der Waals surface area contributed by atoms with Gasteiger partial charge in [0, 0.05) is 21.2 Å². The molecule has 0 radical (unpaired) electrons. The third-order valence-electron chi connectivity index (χ3n) is 2.34. The maximum absolute atomic E-state index is 9.69. The molecule has 0 aromatic heterocycles. The van der Waals surface area contributed by atoms with Gasteiger partial charge in [-0.2, -0.15) is 0 Å². The Balaban J connectivity index is 2.50. The zero-order valence-corrected chi connectivity index (χ0v) is 8.96. The van der Waals surface area contributed by atoms with Crippen LogP contribution in [0.1, 0.15) is 5.56 Å². The molecule has 17 heavy (non-hydrogen) atoms. The molecule has 0 bridgehead atoms. The molecular formula is C13H9N3O. The minimum Gasteiger partial charge on any atom is -0.507 e. The van der Waals surface area contributed by atoms with E-state index in [2.05, 4.69) is 21.9 Å². The molecule has 0 fully saturated rings. The molecular weight excluding hydrogens is 214 g/mol. The van der Waals surface area contributed by atoms with E-state index in [0.29, 0.717) is 0 Å². The zero-order valence-electron chi connectivity index (χ0n) is 8.96. The van der Waals surface area contributed by atoms with Gasteiger partial charge in [0.15, 0.2) is 0 Å². The highest BCUT2D eigenvalue weighted by Gasteiger charge is 2.01. The summed E-state index contributed by atoms with van der Waals surface area (Å²) in [4.78, 5) is 2.63. The van der Waals surface area contributed by atoms with E-state index in [0.717, 1.165) is 16.3 Å². The van der Waals surface area contributed by atoms with Crippen LogP contribution >= 0.6 is 0 Å². The first-order valence-corrected chi connectivity index (χ1v) is 5.03. The normalized spacial score (nSPS) is 9.18. The van der Waals surface area contributed by atoms with E-state index >= 15 is 0 Å². The van der Waals surface area contributed by atoms with Crippen LogP contribution in [0.2, 0.25) is 0 Å². The first kappa shape index (κ1) is 10.9. The van der Waals surface area contributed by atoms with Crippen LogP contribution in [0.15, 0.2) is 41.5 Å². The predicted octanol–water partition coefficient (Wildman–Crippen LogP) is 3.21. The van der Waals surface area contributed by atoms with Gasteiger partial charge in [0.25, 0.3) is 0 Å². The second-order valence-corrected chi connectivity index (χ2v) is 3.37. The summed E-state index contributed by atoms with van der Waals surface area (Å²) in [5.74, 6) is 5.92. The van der Waals surface area contributed by atoms with E-state index in [4.69, 9.17) is 5.53 Å². The van der Waals surface area contributed by atoms with Gasteiger partial charge >= 0.3 is 0 Å². The third kappa shape index (κ3) is 2.31. The first-order valence-electron chi connectivity index (χ1n) is 5.03. The highest BCUT2D eigenvalue weighted by Crippen LogP contribution is 2.26. The smallest absolute Gasteiger partial charge is 0.123 e. The van der Waals surface area contributed by atoms with Gasteiger partial charge < -0.3 is 5.11 Å². The lowest BCUT2D eigenvalue weighted by atomic mass is 10.0. The maximum Gasteiger partial charge on any atom is 0.123 e. The number of phenolic OH excluding ortho intramolecular Hbond substituents is 1. The number of benzene rings is 2. The van der Waals surface area contributed by atoms with Crippen LogP contribution < -0.4 is 0 Å². The summed E-state index contributed by atoms with van der Waals surface area (Å²) >= 11 is 0. The molecule has 0 amide bonds. The lowest BCUT2D eigenvalue weighted by Gasteiger charge is -2.02. The molecule has 1 N–H and O–H groups in total. The van der Waals surface area contributed by atoms with Crippen molar-refractivity contribution in [3.63, 3.8) is 0 Å². The fraction of sp³-hybridized carbons (Fsp3) is 0.0769. The monoisotopic (exact) mass is 223 g/mol. The number of rotatable bonds is 1. The molecule has 82 valence electrons. The lowest BCUT2D eigenvalue weighted by molar-refractivity contribution is 0.481. The van der Waals surface area contributed by atoms with Crippen LogP contribution in [0.3, 0.4) is 0 Å². The Labute approximate surface area is 98.1 Å². The lowest BCUT2D eigenvalue weighted by Crippen LogP contribution is -1.81. The van der Waals surface area contributed by atoms with Gasteiger partial charge in [-0.1, -0.05) is 41.2 Å². The molecule has 4 heteroatoms. The average molecular weight is 223 g/mol. The van der Waals surface area contributed by atoms with Crippen LogP contribution in [0.25, 0.3) is 21.2 Å². The van der Waals surface area contributed by atoms with Crippen molar-refractivity contribution < 1.29 is 5.11 Å². The molecule has 0 spiro atoms. The van der Waals surface area contributed by atoms with E-state index in [-0.39, 0.29) is 12.3 Å². The fourth-order valence-electron chi connectivity index (χ4n) is 1.59. The Morgan fingerprint density at radius 2 is 1.94 bits per heavy atom. The van der Waals surface area contributed by atoms with Crippen molar-refractivity contribution in [2.75, 3.05) is 6.54 Å². The Hall–Kier alpha value is -2.63. The molecule has 2 aromatic carbocycles. The predicted molar refractivity (Wildman–Crippen MR) is 66.5 cm³/mol. The number of nitrogens with zero attached hydrogens (tertiary/aromatic N) is 3. The summed E-state index contributed by atoms with van der Waals surface area (Å²) in [6, 6.07) is 10.8. The summed E-state index contributed by atoms with van der Waals surface area (Å²) < 4.78 is 0. The second-order valence-electron chi connectivity index (χ2n) is 3.37. The third-order valence-corrected chi connectivity index (χ3v) is 2.34. The fourth-order valence-corrected chi connectivity index (χ4v) is 1.59. The Morgan fingerprint density at radius 3 is 2.71 bits per heavy atom. The number of aromatic hydroxyl groups is 1. The van der Waals surface area contributed by atoms with Crippen LogP contribution in [-0.2, 0) is 0 Å². The van der Waals surface area contributed by atoms with E-state index in [1.165, 1.54) is 0 Å². The standard InChI is InChI=1S/C13H9N3O/c14-16-15-9-3-4-10-7-8-13(17)12-6-2-1-5-11(10)12/h1-2,5-8,17H,9H2. The van der Waals surface area contributed by atoms with Gasteiger partial charge in [-0.05, 0) is 17.7 Å². The summed E-state index contributed by atoms with van der Waals surface area (Å²) in [6.45, 7) is 0.145. The van der Waals surface area contributed by atoms with Crippen molar-refractivity contribution >= 4 is 10.8 Å². The number of azide groups is 1. The van der Waals surface area contributed by atoms with Crippen molar-refractivity contribution in [1.29, 1.82) is 0 Å². The Bertz CT molecular complexity index is 661. The average Bonchev–Trinajstić information content (AvgIpc) is 2.37. The van der Waals surface area contributed by atoms with Crippen molar-refractivity contribution in [2.24, 2.45) is 5.11 Å². The maximum atomic E-state index is 9.69. The van der Waals surface area contributed by atoms with Crippen molar-refractivity contribution in [3.05, 3.63) is 52.4 Å². The van der Waals surface area contributed by atoms with Crippen LogP contribution in [0.5, 0.6) is 5.75 Å². The van der Waals surface area contributed by atoms with Gasteiger partial charge in [-0.3, -0.25) is 0 Å². The molecule has 0 heterocycles. The summed E-state index contributed by atoms with van der Waals surface area (Å²) in [6.07, 6.45) is 0. The number of fused-ring (bicyclic) bond motifs is 1. The molecule has 0 aliphatic rings. The molecule has 2 aromatic rings. The molecule has 4 nitrogen and oxygen atoms in total. The first-order chi connectivity index (χ1) is 8.33. The Morgan fingerprint density at radius 1 is 1.18 bits per heavy atom. The highest BCUT2D eigenvalue weighted by molar-refractivity contribution is 5.92. The van der Waals surface area contributed by atoms with E-state index in [1.54, 1.807) is 12.1 Å². The van der Waals surface area contributed by atoms with Gasteiger partial charge in [0.1, 0.15) is 5.75 Å². The van der Waals surface area contributed by atoms with Gasteiger partial charge in [0.2, 0.25) is 0 Å². The summed E-state index contributed by atoms with van der Waals surface area (Å²) in [5.41, 5.74) is 8.94. The minimum atomic E-state index is 0.145. The van der Waals surface area contributed by atoms with Crippen LogP contribution in [0.4, 0.5) is 0 Å². The van der Waals surface area contributed by atoms with Gasteiger partial charge in [-0.15, -0.1) is 0 Å². The van der Waals surface area contributed by atoms with E-state index in [1.807, 2.05) is 24.3 Å². The molecule has 0 saturated carbocycles. The second kappa shape index (κ2) is 4.93. The van der Waals surface area contributed by atoms with E-state index < -0.39 is 0 Å². The molecule has 0 aliphatic carbocycles. The number of hydrogen-bond donors (Lipinski definition) is 1. The molecule has 0 saturated heterocycles. The van der Waals surface area contributed by atoms with Crippen LogP contribution in [0, 0.1) is 11.8 Å². The zero-order chi connectivity index (χ0) is 12.1. The van der Waals surface area contributed by atoms with Crippen LogP contribution in [-0.4, -0.2) is 11.7 Å². The minimum absolute atomic E-state index is 0.145. The van der Waals surface area contributed by atoms with Gasteiger partial charge in [-0.25, -0.2) is 0 Å². The topological polar surface area (TPSA) is 69.0 Å². The van der Waals surface area contributed by atoms with Gasteiger partial charge in [0.05, 0.1) is 6.54 Å². The largest absolute Gasteiger partial charge is 0.507 e. The SMILES string of the molecule is [N-]=[N+]=NCC#Cc1ccc(O)c2ccccc12. The summed E-state index contributed by atoms with van der Waals surface area (Å²) in [5, 5.41) is 14.7. The quantitative estimate of drug-likeness (QED) is 0.343. The highest BCUT2D eigenvalue weighted by atomic mass is 16.3. The van der Waals surface area contributed by atoms with Crippen molar-refractivity contribution in [3.8, 4) is 17.6 Å². The number of hydrogen-bond acceptors (Lipinski definition) is 2. The van der Waals surface area contributed by atoms with Crippen molar-refractivity contribution in [2.45, 2.75) is 0 Å². The molecule has 0 atom stereocenters. The van der Waals surface area contributed by atoms with E-state index in [9.17, 15) is 5.11 Å². The molecule has 0 unspecified atom stereocenters. The number of phenols is 1. The molecule has 0 aliphatic heterocycles. The Kier molecular flexibility index (Phi) is 3.15.